The molecule has 2 aliphatic heterocycles. The van der Waals surface area contributed by atoms with Gasteiger partial charge < -0.3 is 15.6 Å². The minimum Gasteiger partial charge on any atom is -0.365 e. The number of nitrogens with two attached hydrogens (primary N) is 1. The number of halogens is 3. The van der Waals surface area contributed by atoms with Gasteiger partial charge in [-0.1, -0.05) is 11.6 Å². The van der Waals surface area contributed by atoms with Gasteiger partial charge in [-0.3, -0.25) is 9.59 Å². The highest BCUT2D eigenvalue weighted by molar-refractivity contribution is 7.17. The Bertz CT molecular complexity index is 1580. The van der Waals surface area contributed by atoms with Crippen molar-refractivity contribution in [2.75, 3.05) is 0 Å². The second-order valence-corrected chi connectivity index (χ2v) is 10.2. The normalized spacial score (nSPS) is 19.3. The minimum absolute atomic E-state index is 0.0699. The van der Waals surface area contributed by atoms with E-state index in [1.165, 1.54) is 29.2 Å². The summed E-state index contributed by atoms with van der Waals surface area (Å²) in [5, 5.41) is 11.0. The third kappa shape index (κ3) is 3.90. The lowest BCUT2D eigenvalue weighted by atomic mass is 9.92. The summed E-state index contributed by atoms with van der Waals surface area (Å²) in [6.07, 6.45) is 6.07. The van der Waals surface area contributed by atoms with E-state index in [1.807, 2.05) is 0 Å². The molecule has 2 amide bonds. The second-order valence-electron chi connectivity index (χ2n) is 8.70. The molecule has 3 aromatic heterocycles. The first-order chi connectivity index (χ1) is 17.8. The molecule has 1 aromatic carbocycles. The van der Waals surface area contributed by atoms with Crippen LogP contribution < -0.4 is 5.73 Å². The van der Waals surface area contributed by atoms with Crippen molar-refractivity contribution in [1.82, 2.24) is 35.1 Å². The van der Waals surface area contributed by atoms with Crippen LogP contribution in [0.1, 0.15) is 46.4 Å². The Morgan fingerprint density at radius 2 is 2.11 bits per heavy atom. The summed E-state index contributed by atoms with van der Waals surface area (Å²) in [5.41, 5.74) is 6.73. The molecule has 0 aliphatic carbocycles. The van der Waals surface area contributed by atoms with E-state index >= 15 is 4.39 Å². The number of nitrogens with one attached hydrogen (secondary N) is 1. The number of imidazole rings is 1. The third-order valence-corrected chi connectivity index (χ3v) is 8.02. The average molecular weight is 543 g/mol. The maximum atomic E-state index is 15.2. The van der Waals surface area contributed by atoms with Gasteiger partial charge in [0.25, 0.3) is 5.91 Å². The number of nitrogens with zero attached hydrogens (tertiary/aromatic N) is 6. The van der Waals surface area contributed by atoms with Crippen LogP contribution in [0.4, 0.5) is 8.78 Å². The number of carbonyl (C=O) groups is 2. The molecule has 1 fully saturated rings. The summed E-state index contributed by atoms with van der Waals surface area (Å²) in [6.45, 7) is 0. The van der Waals surface area contributed by atoms with Crippen molar-refractivity contribution in [2.24, 2.45) is 5.73 Å². The van der Waals surface area contributed by atoms with Crippen molar-refractivity contribution < 1.29 is 18.4 Å². The smallest absolute Gasteiger partial charge is 0.261 e. The van der Waals surface area contributed by atoms with Gasteiger partial charge in [0.2, 0.25) is 5.91 Å². The fraction of sp³-hybridized carbons (Fsp3) is 0.217. The van der Waals surface area contributed by atoms with Gasteiger partial charge in [-0.2, -0.15) is 4.68 Å². The lowest BCUT2D eigenvalue weighted by molar-refractivity contribution is -0.129. The van der Waals surface area contributed by atoms with Crippen molar-refractivity contribution in [3.8, 4) is 16.3 Å². The van der Waals surface area contributed by atoms with E-state index in [9.17, 15) is 14.0 Å². The summed E-state index contributed by atoms with van der Waals surface area (Å²) in [4.78, 5) is 34.4. The molecule has 5 heterocycles. The van der Waals surface area contributed by atoms with Crippen LogP contribution in [0.5, 0.6) is 0 Å². The molecule has 2 atom stereocenters. The van der Waals surface area contributed by atoms with E-state index < -0.39 is 17.5 Å². The number of carbonyl (C=O) groups excluding carboxylic acids is 2. The van der Waals surface area contributed by atoms with Crippen LogP contribution in [-0.4, -0.2) is 52.9 Å². The van der Waals surface area contributed by atoms with Crippen LogP contribution in [0.3, 0.4) is 0 Å². The summed E-state index contributed by atoms with van der Waals surface area (Å²) in [5.74, 6) is -1.93. The number of H-pyrrole nitrogens is 1. The molecule has 14 heteroatoms. The highest BCUT2D eigenvalue weighted by Gasteiger charge is 2.42. The fourth-order valence-electron chi connectivity index (χ4n) is 5.00. The van der Waals surface area contributed by atoms with E-state index in [4.69, 9.17) is 17.3 Å². The van der Waals surface area contributed by atoms with Crippen LogP contribution in [0.25, 0.3) is 21.8 Å². The Hall–Kier alpha value is -3.97. The predicted molar refractivity (Wildman–Crippen MR) is 130 cm³/mol. The second kappa shape index (κ2) is 8.85. The number of aromatic amines is 1. The SMILES string of the molecule is NC(=O)c1sc(-c2c[nH]c([C@@H]3CC[C@@H]4CC(c5c(-n6cnnn6)ccc(Cl)c5F)=CC(=O)N43)n2)cc1F. The Kier molecular flexibility index (Phi) is 5.60. The van der Waals surface area contributed by atoms with E-state index in [2.05, 4.69) is 25.5 Å². The van der Waals surface area contributed by atoms with Crippen LogP contribution >= 0.6 is 22.9 Å². The molecule has 10 nitrogen and oxygen atoms in total. The largest absolute Gasteiger partial charge is 0.365 e. The lowest BCUT2D eigenvalue weighted by Gasteiger charge is -2.33. The average Bonchev–Trinajstić information content (AvgIpc) is 3.66. The summed E-state index contributed by atoms with van der Waals surface area (Å²) in [6, 6.07) is 3.71. The number of hydrogen-bond acceptors (Lipinski definition) is 7. The zero-order chi connectivity index (χ0) is 25.8. The van der Waals surface area contributed by atoms with E-state index in [1.54, 1.807) is 17.2 Å². The van der Waals surface area contributed by atoms with Crippen LogP contribution in [0.2, 0.25) is 5.02 Å². The molecule has 4 aromatic rings. The Balaban J connectivity index is 1.31. The number of hydrogen-bond donors (Lipinski definition) is 2. The molecule has 0 unspecified atom stereocenters. The molecule has 188 valence electrons. The first kappa shape index (κ1) is 23.4. The number of thiophene rings is 1. The topological polar surface area (TPSA) is 136 Å². The van der Waals surface area contributed by atoms with Gasteiger partial charge in [-0.05, 0) is 53.5 Å². The van der Waals surface area contributed by atoms with Gasteiger partial charge in [-0.15, -0.1) is 16.4 Å². The number of tetrazole rings is 1. The number of aromatic nitrogens is 6. The Morgan fingerprint density at radius 1 is 1.27 bits per heavy atom. The van der Waals surface area contributed by atoms with Gasteiger partial charge in [0, 0.05) is 23.9 Å². The maximum Gasteiger partial charge on any atom is 0.261 e. The quantitative estimate of drug-likeness (QED) is 0.395. The Labute approximate surface area is 216 Å². The fourth-order valence-corrected chi connectivity index (χ4v) is 6.01. The zero-order valence-corrected chi connectivity index (χ0v) is 20.4. The molecule has 3 N–H and O–H groups in total. The van der Waals surface area contributed by atoms with Crippen molar-refractivity contribution in [3.63, 3.8) is 0 Å². The zero-order valence-electron chi connectivity index (χ0n) is 18.9. The van der Waals surface area contributed by atoms with Crippen molar-refractivity contribution in [1.29, 1.82) is 0 Å². The van der Waals surface area contributed by atoms with Crippen LogP contribution in [0, 0.1) is 11.6 Å². The van der Waals surface area contributed by atoms with Gasteiger partial charge in [0.05, 0.1) is 27.3 Å². The molecule has 1 saturated heterocycles. The molecule has 0 spiro atoms. The predicted octanol–water partition coefficient (Wildman–Crippen LogP) is 3.66. The highest BCUT2D eigenvalue weighted by Crippen LogP contribution is 2.44. The lowest BCUT2D eigenvalue weighted by Crippen LogP contribution is -2.39. The number of primary amides is 1. The summed E-state index contributed by atoms with van der Waals surface area (Å²) in [7, 11) is 0. The van der Waals surface area contributed by atoms with Gasteiger partial charge in [-0.25, -0.2) is 13.8 Å². The highest BCUT2D eigenvalue weighted by atomic mass is 35.5. The molecule has 6 rings (SSSR count). The number of fused-ring (bicyclic) bond motifs is 1. The molecular weight excluding hydrogens is 526 g/mol. The van der Waals surface area contributed by atoms with Gasteiger partial charge in [0.1, 0.15) is 22.8 Å². The van der Waals surface area contributed by atoms with E-state index in [0.717, 1.165) is 11.3 Å². The standard InChI is InChI=1S/C23H17ClF2N8O2S/c24-12-2-4-15(33-9-29-31-32-33)19(20(12)26)10-5-11-1-3-16(34(11)18(35)6-10)23-28-8-14(30-23)17-7-13(25)21(37-17)22(27)36/h2,4,6-9,11,16H,1,3,5H2,(H2,27,36)(H,28,30)/t11-,16+/m1/s1. The van der Waals surface area contributed by atoms with Crippen LogP contribution in [0.15, 0.2) is 36.8 Å². The van der Waals surface area contributed by atoms with Gasteiger partial charge in [0.15, 0.2) is 5.82 Å². The molecule has 2 aliphatic rings. The summed E-state index contributed by atoms with van der Waals surface area (Å²) >= 11 is 7.00. The first-order valence-corrected chi connectivity index (χ1v) is 12.4. The van der Waals surface area contributed by atoms with Crippen LogP contribution in [-0.2, 0) is 4.79 Å². The number of benzene rings is 1. The maximum absolute atomic E-state index is 15.2. The van der Waals surface area contributed by atoms with Crippen molar-refractivity contribution in [3.05, 3.63) is 69.7 Å². The van der Waals surface area contributed by atoms with Crippen molar-refractivity contribution in [2.45, 2.75) is 31.3 Å². The molecular formula is C23H17ClF2N8O2S. The Morgan fingerprint density at radius 3 is 2.84 bits per heavy atom. The van der Waals surface area contributed by atoms with Gasteiger partial charge >= 0.3 is 0 Å². The van der Waals surface area contributed by atoms with Crippen molar-refractivity contribution >= 4 is 40.3 Å². The number of amides is 2. The molecule has 0 bridgehead atoms. The monoisotopic (exact) mass is 542 g/mol. The number of rotatable bonds is 5. The molecule has 0 radical (unpaired) electrons. The third-order valence-electron chi connectivity index (χ3n) is 6.58. The molecule has 37 heavy (non-hydrogen) atoms. The minimum atomic E-state index is -0.843. The van der Waals surface area contributed by atoms with E-state index in [0.29, 0.717) is 46.9 Å². The molecule has 0 saturated carbocycles. The van der Waals surface area contributed by atoms with E-state index in [-0.39, 0.29) is 33.5 Å². The summed E-state index contributed by atoms with van der Waals surface area (Å²) < 4.78 is 30.6. The first-order valence-electron chi connectivity index (χ1n) is 11.2.